The number of ketones is 1. The van der Waals surface area contributed by atoms with Crippen LogP contribution in [0.15, 0.2) is 18.2 Å². The van der Waals surface area contributed by atoms with Crippen molar-refractivity contribution in [3.05, 3.63) is 34.9 Å². The molecule has 9 heteroatoms. The zero-order valence-corrected chi connectivity index (χ0v) is 16.3. The first-order chi connectivity index (χ1) is 12.0. The van der Waals surface area contributed by atoms with Crippen LogP contribution in [0.4, 0.5) is 13.2 Å². The molecule has 0 aromatic heterocycles. The van der Waals surface area contributed by atoms with Gasteiger partial charge in [-0.05, 0) is 30.5 Å². The molecule has 1 aromatic rings. The number of piperazine rings is 1. The number of aryl methyl sites for hydroxylation is 1. The van der Waals surface area contributed by atoms with Crippen LogP contribution in [-0.2, 0) is 11.0 Å². The van der Waals surface area contributed by atoms with E-state index < -0.39 is 23.8 Å². The fourth-order valence-electron chi connectivity index (χ4n) is 2.97. The minimum absolute atomic E-state index is 0. The number of alkyl halides is 3. The van der Waals surface area contributed by atoms with Crippen LogP contribution in [0.2, 0.25) is 0 Å². The molecule has 1 saturated heterocycles. The van der Waals surface area contributed by atoms with Crippen LogP contribution in [-0.4, -0.2) is 48.3 Å². The second-order valence-corrected chi connectivity index (χ2v) is 6.91. The number of carbonyl (C=O) groups is 2. The van der Waals surface area contributed by atoms with Crippen molar-refractivity contribution in [3.63, 3.8) is 0 Å². The number of rotatable bonds is 4. The smallest absolute Gasteiger partial charge is 0.328 e. The van der Waals surface area contributed by atoms with Gasteiger partial charge in [-0.25, -0.2) is 0 Å². The number of benzene rings is 1. The topological polar surface area (TPSA) is 75.4 Å². The maximum Gasteiger partial charge on any atom is 0.416 e. The highest BCUT2D eigenvalue weighted by Crippen LogP contribution is 2.31. The SMILES string of the molecule is Cc1cc(C(F)(F)F)ccc1C(=O)[C@H]1CNCCN1C(=O)[C@@H](N)C(C)C.Cl. The molecule has 0 spiro atoms. The lowest BCUT2D eigenvalue weighted by Crippen LogP contribution is -2.60. The maximum absolute atomic E-state index is 12.9. The number of amides is 1. The Bertz CT molecular complexity index is 695. The number of nitrogens with zero attached hydrogens (tertiary/aromatic N) is 1. The van der Waals surface area contributed by atoms with Gasteiger partial charge in [0.2, 0.25) is 5.91 Å². The third-order valence-electron chi connectivity index (χ3n) is 4.65. The van der Waals surface area contributed by atoms with Crippen molar-refractivity contribution in [3.8, 4) is 0 Å². The summed E-state index contributed by atoms with van der Waals surface area (Å²) in [5, 5.41) is 3.06. The second-order valence-electron chi connectivity index (χ2n) is 6.91. The van der Waals surface area contributed by atoms with Gasteiger partial charge in [0.1, 0.15) is 6.04 Å². The summed E-state index contributed by atoms with van der Waals surface area (Å²) in [6.45, 7) is 6.21. The summed E-state index contributed by atoms with van der Waals surface area (Å²) < 4.78 is 38.5. The number of hydrogen-bond donors (Lipinski definition) is 2. The van der Waals surface area contributed by atoms with E-state index in [0.717, 1.165) is 12.1 Å². The van der Waals surface area contributed by atoms with Gasteiger partial charge in [0.25, 0.3) is 0 Å². The number of carbonyl (C=O) groups excluding carboxylic acids is 2. The average molecular weight is 408 g/mol. The lowest BCUT2D eigenvalue weighted by molar-refractivity contribution is -0.137. The molecule has 152 valence electrons. The molecule has 0 unspecified atom stereocenters. The Kier molecular flexibility index (Phi) is 7.83. The van der Waals surface area contributed by atoms with Gasteiger partial charge in [-0.15, -0.1) is 12.4 Å². The van der Waals surface area contributed by atoms with Crippen molar-refractivity contribution >= 4 is 24.1 Å². The van der Waals surface area contributed by atoms with E-state index >= 15 is 0 Å². The minimum atomic E-state index is -4.47. The number of hydrogen-bond acceptors (Lipinski definition) is 4. The van der Waals surface area contributed by atoms with Gasteiger partial charge in [0.05, 0.1) is 11.6 Å². The Morgan fingerprint density at radius 2 is 1.93 bits per heavy atom. The largest absolute Gasteiger partial charge is 0.416 e. The normalized spacial score (nSPS) is 18.8. The first kappa shape index (κ1) is 23.4. The summed E-state index contributed by atoms with van der Waals surface area (Å²) >= 11 is 0. The van der Waals surface area contributed by atoms with Crippen LogP contribution in [0.25, 0.3) is 0 Å². The monoisotopic (exact) mass is 407 g/mol. The van der Waals surface area contributed by atoms with Crippen molar-refractivity contribution < 1.29 is 22.8 Å². The molecule has 0 radical (unpaired) electrons. The van der Waals surface area contributed by atoms with Crippen molar-refractivity contribution in [1.82, 2.24) is 10.2 Å². The predicted octanol–water partition coefficient (Wildman–Crippen LogP) is 2.40. The summed E-state index contributed by atoms with van der Waals surface area (Å²) in [4.78, 5) is 27.0. The zero-order chi connectivity index (χ0) is 19.6. The van der Waals surface area contributed by atoms with Crippen molar-refractivity contribution in [2.24, 2.45) is 11.7 Å². The fraction of sp³-hybridized carbons (Fsp3) is 0.556. The minimum Gasteiger partial charge on any atom is -0.328 e. The molecule has 3 N–H and O–H groups in total. The van der Waals surface area contributed by atoms with E-state index in [9.17, 15) is 22.8 Å². The molecule has 1 amide bonds. The molecule has 0 saturated carbocycles. The van der Waals surface area contributed by atoms with E-state index in [1.54, 1.807) is 0 Å². The van der Waals surface area contributed by atoms with E-state index in [-0.39, 0.29) is 47.7 Å². The first-order valence-corrected chi connectivity index (χ1v) is 8.53. The third kappa shape index (κ3) is 5.21. The second kappa shape index (κ2) is 9.03. The predicted molar refractivity (Wildman–Crippen MR) is 98.9 cm³/mol. The van der Waals surface area contributed by atoms with E-state index in [4.69, 9.17) is 5.73 Å². The van der Waals surface area contributed by atoms with Crippen molar-refractivity contribution in [2.75, 3.05) is 19.6 Å². The Hall–Kier alpha value is -1.64. The number of nitrogens with two attached hydrogens (primary N) is 1. The lowest BCUT2D eigenvalue weighted by atomic mass is 9.94. The van der Waals surface area contributed by atoms with Gasteiger partial charge >= 0.3 is 6.18 Å². The number of nitrogens with one attached hydrogen (secondary N) is 1. The van der Waals surface area contributed by atoms with Gasteiger partial charge in [0, 0.05) is 25.2 Å². The molecule has 1 aliphatic heterocycles. The van der Waals surface area contributed by atoms with Crippen LogP contribution < -0.4 is 11.1 Å². The number of Topliss-reactive ketones (excluding diaryl/α,β-unsaturated/α-hetero) is 1. The van der Waals surface area contributed by atoms with E-state index in [0.29, 0.717) is 13.1 Å². The molecule has 27 heavy (non-hydrogen) atoms. The summed E-state index contributed by atoms with van der Waals surface area (Å²) in [5.74, 6) is -0.780. The molecule has 5 nitrogen and oxygen atoms in total. The van der Waals surface area contributed by atoms with Crippen molar-refractivity contribution in [1.29, 1.82) is 0 Å². The molecule has 2 rings (SSSR count). The van der Waals surface area contributed by atoms with Crippen LogP contribution in [0.3, 0.4) is 0 Å². The van der Waals surface area contributed by atoms with Crippen molar-refractivity contribution in [2.45, 2.75) is 39.0 Å². The highest BCUT2D eigenvalue weighted by atomic mass is 35.5. The first-order valence-electron chi connectivity index (χ1n) is 8.53. The Balaban J connectivity index is 0.00000364. The van der Waals surface area contributed by atoms with Crippen LogP contribution in [0.5, 0.6) is 0 Å². The molecule has 1 aliphatic rings. The Labute approximate surface area is 162 Å². The van der Waals surface area contributed by atoms with Gasteiger partial charge in [0.15, 0.2) is 5.78 Å². The zero-order valence-electron chi connectivity index (χ0n) is 15.5. The van der Waals surface area contributed by atoms with Crippen LogP contribution in [0, 0.1) is 12.8 Å². The lowest BCUT2D eigenvalue weighted by Gasteiger charge is -2.37. The van der Waals surface area contributed by atoms with Gasteiger partial charge in [-0.1, -0.05) is 19.9 Å². The Morgan fingerprint density at radius 1 is 1.30 bits per heavy atom. The summed E-state index contributed by atoms with van der Waals surface area (Å²) in [6, 6.07) is 1.52. The molecule has 1 fully saturated rings. The van der Waals surface area contributed by atoms with E-state index in [1.807, 2.05) is 13.8 Å². The number of halogens is 4. The summed E-state index contributed by atoms with van der Waals surface area (Å²) in [7, 11) is 0. The Morgan fingerprint density at radius 3 is 2.44 bits per heavy atom. The summed E-state index contributed by atoms with van der Waals surface area (Å²) in [6.07, 6.45) is -4.47. The van der Waals surface area contributed by atoms with Gasteiger partial charge in [-0.3, -0.25) is 9.59 Å². The van der Waals surface area contributed by atoms with Crippen LogP contribution >= 0.6 is 12.4 Å². The average Bonchev–Trinajstić information content (AvgIpc) is 2.58. The molecular formula is C18H25ClF3N3O2. The maximum atomic E-state index is 12.9. The van der Waals surface area contributed by atoms with E-state index in [1.165, 1.54) is 17.9 Å². The molecule has 0 aliphatic carbocycles. The van der Waals surface area contributed by atoms with E-state index in [2.05, 4.69) is 5.32 Å². The molecule has 1 heterocycles. The van der Waals surface area contributed by atoms with Crippen LogP contribution in [0.1, 0.15) is 35.3 Å². The highest BCUT2D eigenvalue weighted by Gasteiger charge is 2.37. The quantitative estimate of drug-likeness (QED) is 0.751. The molecular weight excluding hydrogens is 383 g/mol. The fourth-order valence-corrected chi connectivity index (χ4v) is 2.97. The van der Waals surface area contributed by atoms with Gasteiger partial charge < -0.3 is 16.0 Å². The molecule has 1 aromatic carbocycles. The van der Waals surface area contributed by atoms with Gasteiger partial charge in [-0.2, -0.15) is 13.2 Å². The standard InChI is InChI=1S/C18H24F3N3O2.ClH/c1-10(2)15(22)17(26)24-7-6-23-9-14(24)16(25)13-5-4-12(8-11(13)3)18(19,20)21;/h4-5,8,10,14-15,23H,6-7,9,22H2,1-3H3;1H/t14-,15+;/m1./s1. The highest BCUT2D eigenvalue weighted by molar-refractivity contribution is 6.03. The summed E-state index contributed by atoms with van der Waals surface area (Å²) in [5.41, 5.74) is 5.55. The third-order valence-corrected chi connectivity index (χ3v) is 4.65. The molecule has 2 atom stereocenters. The molecule has 0 bridgehead atoms.